The summed E-state index contributed by atoms with van der Waals surface area (Å²) < 4.78 is 5.07. The fourth-order valence-electron chi connectivity index (χ4n) is 1.63. The Morgan fingerprint density at radius 1 is 1.42 bits per heavy atom. The average molecular weight is 260 g/mol. The van der Waals surface area contributed by atoms with E-state index < -0.39 is 0 Å². The van der Waals surface area contributed by atoms with E-state index in [0.717, 1.165) is 11.4 Å². The molecule has 1 heterocycles. The summed E-state index contributed by atoms with van der Waals surface area (Å²) in [6.45, 7) is 4.22. The average Bonchev–Trinajstić information content (AvgIpc) is 2.83. The minimum absolute atomic E-state index is 0.0395. The van der Waals surface area contributed by atoms with Gasteiger partial charge in [0.15, 0.2) is 5.82 Å². The van der Waals surface area contributed by atoms with Crippen LogP contribution < -0.4 is 5.32 Å². The van der Waals surface area contributed by atoms with Gasteiger partial charge in [-0.15, -0.1) is 0 Å². The molecule has 0 saturated carbocycles. The number of aromatic amines is 1. The molecule has 1 aromatic heterocycles. The lowest BCUT2D eigenvalue weighted by atomic mass is 10.1. The third kappa shape index (κ3) is 3.38. The van der Waals surface area contributed by atoms with E-state index in [2.05, 4.69) is 20.5 Å². The summed E-state index contributed by atoms with van der Waals surface area (Å²) in [5, 5.41) is 9.68. The van der Waals surface area contributed by atoms with Crippen molar-refractivity contribution in [3.05, 3.63) is 30.1 Å². The van der Waals surface area contributed by atoms with Crippen LogP contribution in [0.25, 0.3) is 11.4 Å². The second-order valence-electron chi connectivity index (χ2n) is 3.98. The third-order valence-electron chi connectivity index (χ3n) is 2.48. The largest absolute Gasteiger partial charge is 0.372 e. The Labute approximate surface area is 111 Å². The second kappa shape index (κ2) is 6.10. The van der Waals surface area contributed by atoms with Crippen LogP contribution in [0.4, 0.5) is 5.69 Å². The van der Waals surface area contributed by atoms with E-state index in [9.17, 15) is 4.79 Å². The van der Waals surface area contributed by atoms with Gasteiger partial charge in [0.2, 0.25) is 5.91 Å². The van der Waals surface area contributed by atoms with E-state index in [1.807, 2.05) is 38.1 Å². The van der Waals surface area contributed by atoms with Crippen molar-refractivity contribution < 1.29 is 9.53 Å². The van der Waals surface area contributed by atoms with Crippen molar-refractivity contribution in [1.82, 2.24) is 15.2 Å². The molecule has 2 N–H and O–H groups in total. The lowest BCUT2D eigenvalue weighted by Gasteiger charge is -2.08. The van der Waals surface area contributed by atoms with Crippen LogP contribution in [0.5, 0.6) is 0 Å². The van der Waals surface area contributed by atoms with Gasteiger partial charge in [0, 0.05) is 12.2 Å². The molecule has 0 atom stereocenters. The van der Waals surface area contributed by atoms with Gasteiger partial charge in [-0.05, 0) is 26.0 Å². The SMILES string of the molecule is CCOCC(=O)Nc1ccccc1-c1n[nH]c(C)n1. The zero-order valence-electron chi connectivity index (χ0n) is 10.9. The molecule has 0 saturated heterocycles. The van der Waals surface area contributed by atoms with E-state index in [1.165, 1.54) is 0 Å². The van der Waals surface area contributed by atoms with E-state index >= 15 is 0 Å². The number of hydrogen-bond donors (Lipinski definition) is 2. The molecule has 2 rings (SSSR count). The summed E-state index contributed by atoms with van der Waals surface area (Å²) in [5.74, 6) is 1.09. The van der Waals surface area contributed by atoms with Crippen LogP contribution in [0.1, 0.15) is 12.7 Å². The van der Waals surface area contributed by atoms with Gasteiger partial charge in [0.25, 0.3) is 0 Å². The molecule has 0 aliphatic heterocycles. The minimum atomic E-state index is -0.193. The predicted molar refractivity (Wildman–Crippen MR) is 71.7 cm³/mol. The number of hydrogen-bond acceptors (Lipinski definition) is 4. The van der Waals surface area contributed by atoms with Crippen LogP contribution in [0.3, 0.4) is 0 Å². The number of para-hydroxylation sites is 1. The molecule has 0 aliphatic rings. The fraction of sp³-hybridized carbons (Fsp3) is 0.308. The molecule has 0 radical (unpaired) electrons. The van der Waals surface area contributed by atoms with Gasteiger partial charge in [0.1, 0.15) is 12.4 Å². The molecule has 0 fully saturated rings. The maximum atomic E-state index is 11.7. The smallest absolute Gasteiger partial charge is 0.250 e. The molecule has 2 aromatic rings. The molecule has 0 spiro atoms. The molecule has 19 heavy (non-hydrogen) atoms. The van der Waals surface area contributed by atoms with Crippen molar-refractivity contribution in [2.75, 3.05) is 18.5 Å². The Balaban J connectivity index is 2.19. The van der Waals surface area contributed by atoms with Gasteiger partial charge in [0.05, 0.1) is 5.69 Å². The van der Waals surface area contributed by atoms with Crippen LogP contribution >= 0.6 is 0 Å². The highest BCUT2D eigenvalue weighted by Gasteiger charge is 2.11. The number of nitrogens with zero attached hydrogens (tertiary/aromatic N) is 2. The second-order valence-corrected chi connectivity index (χ2v) is 3.98. The number of anilines is 1. The van der Waals surface area contributed by atoms with Crippen molar-refractivity contribution in [2.24, 2.45) is 0 Å². The number of carbonyl (C=O) groups is 1. The predicted octanol–water partition coefficient (Wildman–Crippen LogP) is 1.76. The highest BCUT2D eigenvalue weighted by Crippen LogP contribution is 2.24. The van der Waals surface area contributed by atoms with Crippen LogP contribution in [0, 0.1) is 6.92 Å². The molecule has 0 aliphatic carbocycles. The molecule has 6 heteroatoms. The number of aromatic nitrogens is 3. The van der Waals surface area contributed by atoms with E-state index in [4.69, 9.17) is 4.74 Å². The van der Waals surface area contributed by atoms with Gasteiger partial charge in [-0.2, -0.15) is 5.10 Å². The van der Waals surface area contributed by atoms with Gasteiger partial charge in [-0.1, -0.05) is 12.1 Å². The first-order valence-corrected chi connectivity index (χ1v) is 6.06. The number of aryl methyl sites for hydroxylation is 1. The quantitative estimate of drug-likeness (QED) is 0.858. The number of carbonyl (C=O) groups excluding carboxylic acids is 1. The Kier molecular flexibility index (Phi) is 4.25. The Hall–Kier alpha value is -2.21. The van der Waals surface area contributed by atoms with E-state index in [0.29, 0.717) is 18.1 Å². The van der Waals surface area contributed by atoms with Crippen molar-refractivity contribution in [3.8, 4) is 11.4 Å². The third-order valence-corrected chi connectivity index (χ3v) is 2.48. The number of ether oxygens (including phenoxy) is 1. The fourth-order valence-corrected chi connectivity index (χ4v) is 1.63. The topological polar surface area (TPSA) is 79.9 Å². The minimum Gasteiger partial charge on any atom is -0.372 e. The van der Waals surface area contributed by atoms with Gasteiger partial charge in [-0.25, -0.2) is 4.98 Å². The first-order chi connectivity index (χ1) is 9.20. The number of benzene rings is 1. The lowest BCUT2D eigenvalue weighted by Crippen LogP contribution is -2.18. The molecule has 0 unspecified atom stereocenters. The highest BCUT2D eigenvalue weighted by atomic mass is 16.5. The first kappa shape index (κ1) is 13.2. The summed E-state index contributed by atoms with van der Waals surface area (Å²) >= 11 is 0. The number of rotatable bonds is 5. The number of H-pyrrole nitrogens is 1. The molecule has 6 nitrogen and oxygen atoms in total. The van der Waals surface area contributed by atoms with Crippen LogP contribution in [-0.4, -0.2) is 34.3 Å². The Morgan fingerprint density at radius 2 is 2.21 bits per heavy atom. The summed E-state index contributed by atoms with van der Waals surface area (Å²) in [7, 11) is 0. The van der Waals surface area contributed by atoms with Crippen LogP contribution in [0.15, 0.2) is 24.3 Å². The Morgan fingerprint density at radius 3 is 2.89 bits per heavy atom. The summed E-state index contributed by atoms with van der Waals surface area (Å²) in [4.78, 5) is 15.9. The van der Waals surface area contributed by atoms with Crippen molar-refractivity contribution >= 4 is 11.6 Å². The Bertz CT molecular complexity index is 565. The molecular formula is C13H16N4O2. The van der Waals surface area contributed by atoms with E-state index in [1.54, 1.807) is 0 Å². The molecule has 1 amide bonds. The molecule has 0 bridgehead atoms. The zero-order valence-corrected chi connectivity index (χ0v) is 10.9. The van der Waals surface area contributed by atoms with Gasteiger partial charge < -0.3 is 10.1 Å². The van der Waals surface area contributed by atoms with Crippen molar-refractivity contribution in [1.29, 1.82) is 0 Å². The highest BCUT2D eigenvalue weighted by molar-refractivity contribution is 5.95. The normalized spacial score (nSPS) is 10.4. The summed E-state index contributed by atoms with van der Waals surface area (Å²) in [5.41, 5.74) is 1.45. The molecule has 100 valence electrons. The summed E-state index contributed by atoms with van der Waals surface area (Å²) in [6, 6.07) is 7.39. The van der Waals surface area contributed by atoms with Crippen LogP contribution in [-0.2, 0) is 9.53 Å². The number of nitrogens with one attached hydrogen (secondary N) is 2. The van der Waals surface area contributed by atoms with Gasteiger partial charge >= 0.3 is 0 Å². The standard InChI is InChI=1S/C13H16N4O2/c1-3-19-8-12(18)15-11-7-5-4-6-10(11)13-14-9(2)16-17-13/h4-7H,3,8H2,1-2H3,(H,15,18)(H,14,16,17). The lowest BCUT2D eigenvalue weighted by molar-refractivity contribution is -0.120. The van der Waals surface area contributed by atoms with Gasteiger partial charge in [-0.3, -0.25) is 9.89 Å². The van der Waals surface area contributed by atoms with Crippen molar-refractivity contribution in [2.45, 2.75) is 13.8 Å². The maximum Gasteiger partial charge on any atom is 0.250 e. The van der Waals surface area contributed by atoms with Crippen LogP contribution in [0.2, 0.25) is 0 Å². The first-order valence-electron chi connectivity index (χ1n) is 6.06. The monoisotopic (exact) mass is 260 g/mol. The zero-order chi connectivity index (χ0) is 13.7. The molecule has 1 aromatic carbocycles. The maximum absolute atomic E-state index is 11.7. The van der Waals surface area contributed by atoms with E-state index in [-0.39, 0.29) is 12.5 Å². The summed E-state index contributed by atoms with van der Waals surface area (Å²) in [6.07, 6.45) is 0. The molecular weight excluding hydrogens is 244 g/mol. The van der Waals surface area contributed by atoms with Crippen molar-refractivity contribution in [3.63, 3.8) is 0 Å². The number of amides is 1.